The van der Waals surface area contributed by atoms with Gasteiger partial charge in [-0.2, -0.15) is 0 Å². The van der Waals surface area contributed by atoms with Crippen LogP contribution < -0.4 is 15.0 Å². The molecule has 3 rings (SSSR count). The third-order valence-corrected chi connectivity index (χ3v) is 3.31. The van der Waals surface area contributed by atoms with Crippen LogP contribution >= 0.6 is 0 Å². The van der Waals surface area contributed by atoms with E-state index in [1.807, 2.05) is 28.8 Å². The molecule has 2 aromatic heterocycles. The number of benzene rings is 1. The van der Waals surface area contributed by atoms with Crippen LogP contribution in [0.2, 0.25) is 0 Å². The fourth-order valence-corrected chi connectivity index (χ4v) is 2.32. The minimum absolute atomic E-state index is 0.0419. The summed E-state index contributed by atoms with van der Waals surface area (Å²) in [4.78, 5) is 12.1. The Bertz CT molecular complexity index is 830. The summed E-state index contributed by atoms with van der Waals surface area (Å²) in [6.45, 7) is 0. The number of hydrogen-bond acceptors (Lipinski definition) is 3. The van der Waals surface area contributed by atoms with Gasteiger partial charge in [-0.25, -0.2) is 0 Å². The molecule has 0 radical (unpaired) electrons. The number of rotatable bonds is 2. The predicted molar refractivity (Wildman–Crippen MR) is 73.2 cm³/mol. The van der Waals surface area contributed by atoms with Crippen LogP contribution in [0.5, 0.6) is 11.5 Å². The van der Waals surface area contributed by atoms with Crippen molar-refractivity contribution in [3.05, 3.63) is 40.9 Å². The van der Waals surface area contributed by atoms with Crippen LogP contribution in [0.15, 0.2) is 35.4 Å². The van der Waals surface area contributed by atoms with Gasteiger partial charge in [0.25, 0.3) is 5.56 Å². The van der Waals surface area contributed by atoms with Crippen molar-refractivity contribution in [1.29, 1.82) is 0 Å². The molecule has 19 heavy (non-hydrogen) atoms. The standard InChI is InChI=1S/C14H14N2O3/c1-15-4-5-16-11(14(15)17)7-9-6-10(18-2)8-12(19-3)13(9)16/h4-8H,1-3H3. The van der Waals surface area contributed by atoms with Crippen LogP contribution in [0.4, 0.5) is 0 Å². The van der Waals surface area contributed by atoms with Crippen molar-refractivity contribution in [2.75, 3.05) is 14.2 Å². The lowest BCUT2D eigenvalue weighted by molar-refractivity contribution is 0.397. The van der Waals surface area contributed by atoms with E-state index in [1.54, 1.807) is 32.0 Å². The Morgan fingerprint density at radius 3 is 2.53 bits per heavy atom. The zero-order chi connectivity index (χ0) is 13.6. The summed E-state index contributed by atoms with van der Waals surface area (Å²) >= 11 is 0. The van der Waals surface area contributed by atoms with E-state index < -0.39 is 0 Å². The van der Waals surface area contributed by atoms with Crippen molar-refractivity contribution < 1.29 is 9.47 Å². The van der Waals surface area contributed by atoms with Crippen LogP contribution in [0.3, 0.4) is 0 Å². The normalized spacial score (nSPS) is 11.1. The minimum Gasteiger partial charge on any atom is -0.497 e. The van der Waals surface area contributed by atoms with Crippen molar-refractivity contribution >= 4 is 16.4 Å². The molecule has 0 unspecified atom stereocenters. The zero-order valence-electron chi connectivity index (χ0n) is 11.0. The molecule has 0 bridgehead atoms. The minimum atomic E-state index is -0.0419. The number of hydrogen-bond donors (Lipinski definition) is 0. The summed E-state index contributed by atoms with van der Waals surface area (Å²) in [5.41, 5.74) is 1.45. The molecule has 0 aliphatic heterocycles. The highest BCUT2D eigenvalue weighted by atomic mass is 16.5. The number of aromatic nitrogens is 2. The Hall–Kier alpha value is -2.43. The van der Waals surface area contributed by atoms with Crippen LogP contribution in [0, 0.1) is 0 Å². The summed E-state index contributed by atoms with van der Waals surface area (Å²) in [6, 6.07) is 5.55. The van der Waals surface area contributed by atoms with Crippen molar-refractivity contribution in [3.63, 3.8) is 0 Å². The third kappa shape index (κ3) is 1.58. The van der Waals surface area contributed by atoms with E-state index >= 15 is 0 Å². The molecule has 0 N–H and O–H groups in total. The molecule has 5 nitrogen and oxygen atoms in total. The first-order valence-electron chi connectivity index (χ1n) is 5.88. The highest BCUT2D eigenvalue weighted by Crippen LogP contribution is 2.32. The van der Waals surface area contributed by atoms with Gasteiger partial charge in [0.1, 0.15) is 17.0 Å². The Kier molecular flexibility index (Phi) is 2.48. The molecule has 0 saturated carbocycles. The van der Waals surface area contributed by atoms with Crippen LogP contribution in [0.1, 0.15) is 0 Å². The van der Waals surface area contributed by atoms with Gasteiger partial charge in [-0.15, -0.1) is 0 Å². The molecular formula is C14H14N2O3. The molecule has 98 valence electrons. The van der Waals surface area contributed by atoms with Crippen molar-refractivity contribution in [2.24, 2.45) is 7.05 Å². The molecule has 3 aromatic rings. The van der Waals surface area contributed by atoms with Crippen molar-refractivity contribution in [2.45, 2.75) is 0 Å². The van der Waals surface area contributed by atoms with Gasteiger partial charge in [0.05, 0.1) is 19.7 Å². The second kappa shape index (κ2) is 4.05. The van der Waals surface area contributed by atoms with Gasteiger partial charge in [0, 0.05) is 30.9 Å². The Balaban J connectivity index is 2.53. The lowest BCUT2D eigenvalue weighted by Crippen LogP contribution is -2.17. The molecule has 0 aliphatic rings. The number of nitrogens with zero attached hydrogens (tertiary/aromatic N) is 2. The summed E-state index contributed by atoms with van der Waals surface area (Å²) in [7, 11) is 4.95. The van der Waals surface area contributed by atoms with E-state index in [0.717, 1.165) is 10.9 Å². The Morgan fingerprint density at radius 2 is 1.84 bits per heavy atom. The van der Waals surface area contributed by atoms with Gasteiger partial charge >= 0.3 is 0 Å². The first-order chi connectivity index (χ1) is 9.15. The molecule has 0 fully saturated rings. The van der Waals surface area contributed by atoms with Gasteiger partial charge in [-0.05, 0) is 12.1 Å². The molecule has 0 atom stereocenters. The Morgan fingerprint density at radius 1 is 1.05 bits per heavy atom. The topological polar surface area (TPSA) is 44.9 Å². The molecule has 0 amide bonds. The van der Waals surface area contributed by atoms with E-state index in [4.69, 9.17) is 9.47 Å². The average molecular weight is 258 g/mol. The van der Waals surface area contributed by atoms with Crippen LogP contribution in [-0.4, -0.2) is 23.2 Å². The summed E-state index contributed by atoms with van der Waals surface area (Å²) in [5, 5.41) is 0.916. The number of fused-ring (bicyclic) bond motifs is 3. The molecule has 0 saturated heterocycles. The smallest absolute Gasteiger partial charge is 0.274 e. The quantitative estimate of drug-likeness (QED) is 0.704. The summed E-state index contributed by atoms with van der Waals surface area (Å²) < 4.78 is 14.0. The van der Waals surface area contributed by atoms with E-state index in [0.29, 0.717) is 17.0 Å². The summed E-state index contributed by atoms with van der Waals surface area (Å²) in [5.74, 6) is 1.39. The lowest BCUT2D eigenvalue weighted by atomic mass is 10.2. The maximum Gasteiger partial charge on any atom is 0.274 e. The monoisotopic (exact) mass is 258 g/mol. The molecule has 5 heteroatoms. The maximum atomic E-state index is 12.1. The first-order valence-corrected chi connectivity index (χ1v) is 5.88. The lowest BCUT2D eigenvalue weighted by Gasteiger charge is -2.07. The third-order valence-electron chi connectivity index (χ3n) is 3.31. The van der Waals surface area contributed by atoms with Crippen LogP contribution in [0.25, 0.3) is 16.4 Å². The fourth-order valence-electron chi connectivity index (χ4n) is 2.32. The molecular weight excluding hydrogens is 244 g/mol. The van der Waals surface area contributed by atoms with Crippen LogP contribution in [-0.2, 0) is 7.05 Å². The molecule has 2 heterocycles. The number of aryl methyl sites for hydroxylation is 1. The molecule has 1 aromatic carbocycles. The fraction of sp³-hybridized carbons (Fsp3) is 0.214. The van der Waals surface area contributed by atoms with Gasteiger partial charge in [-0.1, -0.05) is 0 Å². The molecule has 0 spiro atoms. The van der Waals surface area contributed by atoms with Gasteiger partial charge in [0.2, 0.25) is 0 Å². The van der Waals surface area contributed by atoms with Gasteiger partial charge < -0.3 is 18.4 Å². The maximum absolute atomic E-state index is 12.1. The van der Waals surface area contributed by atoms with E-state index in [1.165, 1.54) is 0 Å². The number of methoxy groups -OCH3 is 2. The van der Waals surface area contributed by atoms with Gasteiger partial charge in [-0.3, -0.25) is 4.79 Å². The average Bonchev–Trinajstić information content (AvgIpc) is 2.81. The SMILES string of the molecule is COc1cc(OC)c2c(c1)cc1c(=O)n(C)ccn12. The van der Waals surface area contributed by atoms with Crippen molar-refractivity contribution in [3.8, 4) is 11.5 Å². The van der Waals surface area contributed by atoms with Gasteiger partial charge in [0.15, 0.2) is 0 Å². The highest BCUT2D eigenvalue weighted by Gasteiger charge is 2.12. The summed E-state index contributed by atoms with van der Waals surface area (Å²) in [6.07, 6.45) is 3.59. The Labute approximate surface area is 109 Å². The highest BCUT2D eigenvalue weighted by molar-refractivity contribution is 5.92. The number of ether oxygens (including phenoxy) is 2. The predicted octanol–water partition coefficient (Wildman–Crippen LogP) is 1.81. The second-order valence-electron chi connectivity index (χ2n) is 4.38. The second-order valence-corrected chi connectivity index (χ2v) is 4.38. The van der Waals surface area contributed by atoms with E-state index in [-0.39, 0.29) is 5.56 Å². The largest absolute Gasteiger partial charge is 0.497 e. The zero-order valence-corrected chi connectivity index (χ0v) is 11.0. The van der Waals surface area contributed by atoms with Crippen molar-refractivity contribution in [1.82, 2.24) is 8.97 Å². The molecule has 0 aliphatic carbocycles. The van der Waals surface area contributed by atoms with E-state index in [9.17, 15) is 4.79 Å². The first kappa shape index (κ1) is 11.6. The van der Waals surface area contributed by atoms with E-state index in [2.05, 4.69) is 0 Å².